The van der Waals surface area contributed by atoms with E-state index in [0.717, 1.165) is 12.2 Å². The molecule has 2 nitrogen and oxygen atoms in total. The Hall–Kier alpha value is -1.25. The first-order valence-electron chi connectivity index (χ1n) is 6.89. The third kappa shape index (κ3) is 3.15. The molecule has 1 fully saturated rings. The Kier molecular flexibility index (Phi) is 4.10. The number of nitrogen functional groups attached to an aromatic ring is 1. The van der Waals surface area contributed by atoms with Crippen molar-refractivity contribution in [1.29, 1.82) is 0 Å². The molecule has 0 atom stereocenters. The van der Waals surface area contributed by atoms with Crippen LogP contribution < -0.4 is 10.6 Å². The molecule has 0 aliphatic heterocycles. The summed E-state index contributed by atoms with van der Waals surface area (Å²) in [7, 11) is 0. The average molecular weight is 250 g/mol. The summed E-state index contributed by atoms with van der Waals surface area (Å²) in [6.45, 7) is 5.36. The van der Waals surface area contributed by atoms with Crippen molar-refractivity contribution in [3.8, 4) is 0 Å². The lowest BCUT2D eigenvalue weighted by Crippen LogP contribution is -2.36. The molecule has 0 bridgehead atoms. The summed E-state index contributed by atoms with van der Waals surface area (Å²) in [6, 6.07) is 5.43. The number of halogens is 1. The van der Waals surface area contributed by atoms with Gasteiger partial charge in [-0.25, -0.2) is 4.39 Å². The average Bonchev–Trinajstić information content (AvgIpc) is 2.77. The Morgan fingerprint density at radius 3 is 2.50 bits per heavy atom. The molecule has 1 saturated carbocycles. The zero-order valence-electron chi connectivity index (χ0n) is 11.3. The molecule has 18 heavy (non-hydrogen) atoms. The van der Waals surface area contributed by atoms with Crippen LogP contribution in [0.15, 0.2) is 18.2 Å². The largest absolute Gasteiger partial charge is 0.399 e. The maximum atomic E-state index is 13.5. The molecule has 0 spiro atoms. The SMILES string of the molecule is CC(C)CN(c1cc(N)cc(F)c1)C1CCCC1. The van der Waals surface area contributed by atoms with Crippen LogP contribution in [0.4, 0.5) is 15.8 Å². The Morgan fingerprint density at radius 2 is 1.94 bits per heavy atom. The summed E-state index contributed by atoms with van der Waals surface area (Å²) < 4.78 is 13.5. The summed E-state index contributed by atoms with van der Waals surface area (Å²) >= 11 is 0. The summed E-state index contributed by atoms with van der Waals surface area (Å²) in [5.74, 6) is 0.326. The fourth-order valence-corrected chi connectivity index (χ4v) is 2.84. The highest BCUT2D eigenvalue weighted by Crippen LogP contribution is 2.30. The van der Waals surface area contributed by atoms with Crippen LogP contribution in [-0.4, -0.2) is 12.6 Å². The van der Waals surface area contributed by atoms with Gasteiger partial charge in [0.15, 0.2) is 0 Å². The van der Waals surface area contributed by atoms with Crippen molar-refractivity contribution < 1.29 is 4.39 Å². The van der Waals surface area contributed by atoms with Gasteiger partial charge in [-0.2, -0.15) is 0 Å². The van der Waals surface area contributed by atoms with Gasteiger partial charge in [-0.15, -0.1) is 0 Å². The Labute approximate surface area is 109 Å². The van der Waals surface area contributed by atoms with Gasteiger partial charge in [-0.1, -0.05) is 26.7 Å². The molecule has 1 aromatic rings. The number of rotatable bonds is 4. The van der Waals surface area contributed by atoms with Crippen molar-refractivity contribution in [2.75, 3.05) is 17.2 Å². The van der Waals surface area contributed by atoms with Gasteiger partial charge in [0, 0.05) is 24.0 Å². The van der Waals surface area contributed by atoms with E-state index in [4.69, 9.17) is 5.73 Å². The van der Waals surface area contributed by atoms with E-state index >= 15 is 0 Å². The normalized spacial score (nSPS) is 16.4. The maximum absolute atomic E-state index is 13.5. The van der Waals surface area contributed by atoms with E-state index < -0.39 is 0 Å². The molecule has 100 valence electrons. The molecular weight excluding hydrogens is 227 g/mol. The molecule has 1 aromatic carbocycles. The standard InChI is InChI=1S/C15H23FN2/c1-11(2)10-18(14-5-3-4-6-14)15-8-12(16)7-13(17)9-15/h7-9,11,14H,3-6,10,17H2,1-2H3. The van der Waals surface area contributed by atoms with Gasteiger partial charge >= 0.3 is 0 Å². The highest BCUT2D eigenvalue weighted by Gasteiger charge is 2.23. The van der Waals surface area contributed by atoms with E-state index in [1.165, 1.54) is 31.7 Å². The first-order chi connectivity index (χ1) is 8.56. The zero-order chi connectivity index (χ0) is 13.1. The molecule has 1 aliphatic rings. The molecule has 0 amide bonds. The number of anilines is 2. The lowest BCUT2D eigenvalue weighted by molar-refractivity contribution is 0.534. The second-order valence-electron chi connectivity index (χ2n) is 5.73. The quantitative estimate of drug-likeness (QED) is 0.823. The molecule has 0 heterocycles. The van der Waals surface area contributed by atoms with E-state index in [1.54, 1.807) is 6.07 Å². The van der Waals surface area contributed by atoms with Gasteiger partial charge in [0.05, 0.1) is 0 Å². The Balaban J connectivity index is 2.26. The Morgan fingerprint density at radius 1 is 1.28 bits per heavy atom. The molecule has 2 rings (SSSR count). The smallest absolute Gasteiger partial charge is 0.127 e. The third-order valence-electron chi connectivity index (χ3n) is 3.56. The number of benzene rings is 1. The first kappa shape index (κ1) is 13.2. The van der Waals surface area contributed by atoms with Crippen LogP contribution in [0, 0.1) is 11.7 Å². The van der Waals surface area contributed by atoms with Crippen molar-refractivity contribution in [1.82, 2.24) is 0 Å². The Bertz CT molecular complexity index is 377. The molecule has 0 saturated heterocycles. The third-order valence-corrected chi connectivity index (χ3v) is 3.56. The van der Waals surface area contributed by atoms with Crippen molar-refractivity contribution in [3.05, 3.63) is 24.0 Å². The zero-order valence-corrected chi connectivity index (χ0v) is 11.3. The van der Waals surface area contributed by atoms with Crippen molar-refractivity contribution in [2.24, 2.45) is 5.92 Å². The van der Waals surface area contributed by atoms with Crippen molar-refractivity contribution >= 4 is 11.4 Å². The number of nitrogens with two attached hydrogens (primary N) is 1. The van der Waals surface area contributed by atoms with E-state index in [-0.39, 0.29) is 5.82 Å². The fraction of sp³-hybridized carbons (Fsp3) is 0.600. The predicted molar refractivity (Wildman–Crippen MR) is 75.3 cm³/mol. The van der Waals surface area contributed by atoms with Gasteiger partial charge in [0.2, 0.25) is 0 Å². The number of hydrogen-bond donors (Lipinski definition) is 1. The predicted octanol–water partition coefficient (Wildman–Crippen LogP) is 3.81. The van der Waals surface area contributed by atoms with Crippen LogP contribution in [0.2, 0.25) is 0 Å². The minimum atomic E-state index is -0.239. The first-order valence-corrected chi connectivity index (χ1v) is 6.89. The molecule has 1 aliphatic carbocycles. The van der Waals surface area contributed by atoms with Crippen molar-refractivity contribution in [3.63, 3.8) is 0 Å². The van der Waals surface area contributed by atoms with Crippen LogP contribution in [0.1, 0.15) is 39.5 Å². The van der Waals surface area contributed by atoms with Crippen LogP contribution in [0.5, 0.6) is 0 Å². The van der Waals surface area contributed by atoms with Gasteiger partial charge in [-0.05, 0) is 37.0 Å². The number of nitrogens with zero attached hydrogens (tertiary/aromatic N) is 1. The monoisotopic (exact) mass is 250 g/mol. The van der Waals surface area contributed by atoms with Gasteiger partial charge in [0.25, 0.3) is 0 Å². The topological polar surface area (TPSA) is 29.3 Å². The highest BCUT2D eigenvalue weighted by atomic mass is 19.1. The fourth-order valence-electron chi connectivity index (χ4n) is 2.84. The van der Waals surface area contributed by atoms with Crippen molar-refractivity contribution in [2.45, 2.75) is 45.6 Å². The van der Waals surface area contributed by atoms with Gasteiger partial charge in [0.1, 0.15) is 5.82 Å². The van der Waals surface area contributed by atoms with Gasteiger partial charge in [-0.3, -0.25) is 0 Å². The lowest BCUT2D eigenvalue weighted by Gasteiger charge is -2.33. The highest BCUT2D eigenvalue weighted by molar-refractivity contribution is 5.57. The second-order valence-corrected chi connectivity index (χ2v) is 5.73. The maximum Gasteiger partial charge on any atom is 0.127 e. The molecule has 2 N–H and O–H groups in total. The minimum absolute atomic E-state index is 0.239. The summed E-state index contributed by atoms with van der Waals surface area (Å²) in [5, 5.41) is 0. The van der Waals surface area contributed by atoms with E-state index in [0.29, 0.717) is 17.6 Å². The van der Waals surface area contributed by atoms with Gasteiger partial charge < -0.3 is 10.6 Å². The van der Waals surface area contributed by atoms with Crippen LogP contribution in [0.25, 0.3) is 0 Å². The summed E-state index contributed by atoms with van der Waals surface area (Å²) in [6.07, 6.45) is 4.99. The van der Waals surface area contributed by atoms with Crippen LogP contribution >= 0.6 is 0 Å². The summed E-state index contributed by atoms with van der Waals surface area (Å²) in [4.78, 5) is 2.34. The lowest BCUT2D eigenvalue weighted by atomic mass is 10.1. The molecule has 0 unspecified atom stereocenters. The second kappa shape index (κ2) is 5.59. The number of hydrogen-bond acceptors (Lipinski definition) is 2. The van der Waals surface area contributed by atoms with Crippen LogP contribution in [-0.2, 0) is 0 Å². The summed E-state index contributed by atoms with van der Waals surface area (Å²) in [5.41, 5.74) is 7.21. The molecule has 3 heteroatoms. The van der Waals surface area contributed by atoms with E-state index in [1.807, 2.05) is 6.07 Å². The minimum Gasteiger partial charge on any atom is -0.399 e. The molecule has 0 radical (unpaired) electrons. The van der Waals surface area contributed by atoms with E-state index in [9.17, 15) is 4.39 Å². The van der Waals surface area contributed by atoms with E-state index in [2.05, 4.69) is 18.7 Å². The molecular formula is C15H23FN2. The van der Waals surface area contributed by atoms with Crippen LogP contribution in [0.3, 0.4) is 0 Å². The molecule has 0 aromatic heterocycles.